The quantitative estimate of drug-likeness (QED) is 0.656. The van der Waals surface area contributed by atoms with E-state index in [1.165, 1.54) is 24.2 Å². The van der Waals surface area contributed by atoms with Crippen LogP contribution in [0.25, 0.3) is 10.9 Å². The lowest BCUT2D eigenvalue weighted by Gasteiger charge is -2.33. The number of fused-ring (bicyclic) bond motifs is 1. The number of hydrogen-bond donors (Lipinski definition) is 2. The normalized spacial score (nSPS) is 23.3. The average Bonchev–Trinajstić information content (AvgIpc) is 3.46. The second-order valence-corrected chi connectivity index (χ2v) is 9.22. The van der Waals surface area contributed by atoms with Gasteiger partial charge in [-0.15, -0.1) is 5.10 Å². The summed E-state index contributed by atoms with van der Waals surface area (Å²) in [5, 5.41) is 13.9. The van der Waals surface area contributed by atoms with Gasteiger partial charge in [0.25, 0.3) is 5.56 Å². The van der Waals surface area contributed by atoms with Gasteiger partial charge in [-0.3, -0.25) is 4.79 Å². The van der Waals surface area contributed by atoms with E-state index in [4.69, 9.17) is 4.74 Å². The predicted octanol–water partition coefficient (Wildman–Crippen LogP) is 2.04. The molecule has 1 unspecified atom stereocenters. The van der Waals surface area contributed by atoms with Gasteiger partial charge in [0.15, 0.2) is 6.04 Å². The van der Waals surface area contributed by atoms with Crippen LogP contribution in [0.4, 0.5) is 0 Å². The number of H-pyrrole nitrogens is 1. The van der Waals surface area contributed by atoms with E-state index in [1.807, 2.05) is 28.9 Å². The highest BCUT2D eigenvalue weighted by Gasteiger charge is 2.38. The molecule has 164 valence electrons. The number of tetrazole rings is 1. The highest BCUT2D eigenvalue weighted by atomic mass is 16.5. The van der Waals surface area contributed by atoms with Crippen molar-refractivity contribution < 1.29 is 9.64 Å². The smallest absolute Gasteiger partial charge is 0.258 e. The molecule has 2 aliphatic rings. The van der Waals surface area contributed by atoms with E-state index in [-0.39, 0.29) is 11.6 Å². The molecule has 1 saturated heterocycles. The lowest BCUT2D eigenvalue weighted by Crippen LogP contribution is -3.14. The first-order valence-electron chi connectivity index (χ1n) is 11.5. The van der Waals surface area contributed by atoms with Crippen molar-refractivity contribution in [3.05, 3.63) is 46.0 Å². The Hall–Kier alpha value is -2.74. The third-order valence-corrected chi connectivity index (χ3v) is 7.05. The third-order valence-electron chi connectivity index (χ3n) is 7.05. The molecule has 0 bridgehead atoms. The van der Waals surface area contributed by atoms with Crippen LogP contribution >= 0.6 is 0 Å². The molecule has 0 spiro atoms. The van der Waals surface area contributed by atoms with E-state index in [9.17, 15) is 4.79 Å². The molecule has 31 heavy (non-hydrogen) atoms. The van der Waals surface area contributed by atoms with Crippen LogP contribution in [0.3, 0.4) is 0 Å². The van der Waals surface area contributed by atoms with Crippen LogP contribution in [0.1, 0.15) is 68.9 Å². The minimum absolute atomic E-state index is 0.0608. The van der Waals surface area contributed by atoms with Gasteiger partial charge in [0, 0.05) is 16.8 Å². The minimum atomic E-state index is -0.183. The van der Waals surface area contributed by atoms with E-state index < -0.39 is 0 Å². The SMILES string of the molecule is COc1ccc2[nH]c(=O)c([C@H](c3nnnn3C3CCCC3)[NH+]3CCC[C@@H](C)C3)cc2c1. The van der Waals surface area contributed by atoms with Gasteiger partial charge in [0.05, 0.1) is 31.8 Å². The number of aromatic amines is 1. The van der Waals surface area contributed by atoms with Crippen molar-refractivity contribution in [1.29, 1.82) is 0 Å². The van der Waals surface area contributed by atoms with Crippen molar-refractivity contribution in [2.24, 2.45) is 5.92 Å². The first-order chi connectivity index (χ1) is 15.1. The van der Waals surface area contributed by atoms with Crippen LogP contribution < -0.4 is 15.2 Å². The predicted molar refractivity (Wildman–Crippen MR) is 117 cm³/mol. The molecule has 1 aromatic carbocycles. The number of nitrogens with zero attached hydrogens (tertiary/aromatic N) is 4. The number of aromatic nitrogens is 5. The van der Waals surface area contributed by atoms with Gasteiger partial charge in [-0.25, -0.2) is 4.68 Å². The van der Waals surface area contributed by atoms with E-state index in [0.717, 1.165) is 60.4 Å². The molecule has 3 heterocycles. The van der Waals surface area contributed by atoms with Gasteiger partial charge >= 0.3 is 0 Å². The van der Waals surface area contributed by atoms with Crippen LogP contribution in [0.5, 0.6) is 5.75 Å². The Kier molecular flexibility index (Phi) is 5.48. The summed E-state index contributed by atoms with van der Waals surface area (Å²) < 4.78 is 7.42. The van der Waals surface area contributed by atoms with Crippen molar-refractivity contribution in [3.63, 3.8) is 0 Å². The summed E-state index contributed by atoms with van der Waals surface area (Å²) in [4.78, 5) is 17.8. The molecule has 0 radical (unpaired) electrons. The summed E-state index contributed by atoms with van der Waals surface area (Å²) in [6.45, 7) is 4.32. The molecule has 1 saturated carbocycles. The number of pyridine rings is 1. The zero-order chi connectivity index (χ0) is 21.4. The van der Waals surface area contributed by atoms with Gasteiger partial charge in [-0.1, -0.05) is 19.8 Å². The van der Waals surface area contributed by atoms with Crippen molar-refractivity contribution in [2.75, 3.05) is 20.2 Å². The molecule has 8 heteroatoms. The monoisotopic (exact) mass is 423 g/mol. The molecule has 5 rings (SSSR count). The van der Waals surface area contributed by atoms with Gasteiger partial charge in [0.2, 0.25) is 5.82 Å². The molecule has 0 amide bonds. The zero-order valence-corrected chi connectivity index (χ0v) is 18.3. The largest absolute Gasteiger partial charge is 0.497 e. The number of hydrogen-bond acceptors (Lipinski definition) is 5. The van der Waals surface area contributed by atoms with Crippen LogP contribution in [-0.2, 0) is 0 Å². The summed E-state index contributed by atoms with van der Waals surface area (Å²) in [6, 6.07) is 7.90. The Morgan fingerprint density at radius 2 is 2.03 bits per heavy atom. The standard InChI is InChI=1S/C23H30N6O2/c1-15-6-5-11-28(14-15)21(22-25-26-27-29(22)17-7-3-4-8-17)19-13-16-12-18(31-2)9-10-20(16)24-23(19)30/h9-10,12-13,15,17,21H,3-8,11,14H2,1-2H3,(H,24,30)/p+1/t15-,21-/m1/s1. The maximum atomic E-state index is 13.3. The molecule has 3 atom stereocenters. The Bertz CT molecular complexity index is 1120. The van der Waals surface area contributed by atoms with Crippen molar-refractivity contribution in [3.8, 4) is 5.75 Å². The van der Waals surface area contributed by atoms with Crippen molar-refractivity contribution >= 4 is 10.9 Å². The molecule has 1 aliphatic heterocycles. The van der Waals surface area contributed by atoms with Gasteiger partial charge < -0.3 is 14.6 Å². The topological polar surface area (TPSA) is 90.1 Å². The molecule has 2 fully saturated rings. The highest BCUT2D eigenvalue weighted by Crippen LogP contribution is 2.31. The van der Waals surface area contributed by atoms with Crippen LogP contribution in [0, 0.1) is 5.92 Å². The summed E-state index contributed by atoms with van der Waals surface area (Å²) in [7, 11) is 1.66. The molecule has 3 aromatic rings. The molecule has 2 aromatic heterocycles. The number of rotatable bonds is 5. The molecular weight excluding hydrogens is 392 g/mol. The van der Waals surface area contributed by atoms with E-state index in [2.05, 4.69) is 27.4 Å². The number of nitrogens with one attached hydrogen (secondary N) is 2. The fraction of sp³-hybridized carbons (Fsp3) is 0.565. The summed E-state index contributed by atoms with van der Waals surface area (Å²) >= 11 is 0. The first-order valence-corrected chi connectivity index (χ1v) is 11.5. The minimum Gasteiger partial charge on any atom is -0.497 e. The van der Waals surface area contributed by atoms with Crippen molar-refractivity contribution in [2.45, 2.75) is 57.5 Å². The number of methoxy groups -OCH3 is 1. The highest BCUT2D eigenvalue weighted by molar-refractivity contribution is 5.80. The summed E-state index contributed by atoms with van der Waals surface area (Å²) in [5.74, 6) is 2.21. The number of piperidine rings is 1. The van der Waals surface area contributed by atoms with Crippen LogP contribution in [0.2, 0.25) is 0 Å². The Morgan fingerprint density at radius 3 is 2.81 bits per heavy atom. The van der Waals surface area contributed by atoms with Crippen LogP contribution in [0.15, 0.2) is 29.1 Å². The summed E-state index contributed by atoms with van der Waals surface area (Å²) in [6.07, 6.45) is 6.99. The molecular formula is C23H31N6O2+. The lowest BCUT2D eigenvalue weighted by atomic mass is 9.95. The van der Waals surface area contributed by atoms with Crippen molar-refractivity contribution in [1.82, 2.24) is 25.2 Å². The first kappa shape index (κ1) is 20.2. The Morgan fingerprint density at radius 1 is 1.19 bits per heavy atom. The fourth-order valence-electron chi connectivity index (χ4n) is 5.48. The van der Waals surface area contributed by atoms with Gasteiger partial charge in [-0.2, -0.15) is 0 Å². The number of ether oxygens (including phenoxy) is 1. The number of likely N-dealkylation sites (tertiary alicyclic amines) is 1. The number of quaternary nitrogens is 1. The van der Waals surface area contributed by atoms with Gasteiger partial charge in [-0.05, 0) is 60.4 Å². The Balaban J connectivity index is 1.65. The van der Waals surface area contributed by atoms with E-state index in [1.54, 1.807) is 7.11 Å². The second-order valence-electron chi connectivity index (χ2n) is 9.22. The maximum absolute atomic E-state index is 13.3. The third kappa shape index (κ3) is 3.84. The number of benzene rings is 1. The molecule has 1 aliphatic carbocycles. The second kappa shape index (κ2) is 8.42. The van der Waals surface area contributed by atoms with E-state index >= 15 is 0 Å². The molecule has 8 nitrogen and oxygen atoms in total. The summed E-state index contributed by atoms with van der Waals surface area (Å²) in [5.41, 5.74) is 1.49. The van der Waals surface area contributed by atoms with E-state index in [0.29, 0.717) is 12.0 Å². The zero-order valence-electron chi connectivity index (χ0n) is 18.3. The average molecular weight is 424 g/mol. The van der Waals surface area contributed by atoms with Gasteiger partial charge in [0.1, 0.15) is 5.75 Å². The Labute approximate surface area is 181 Å². The molecule has 2 N–H and O–H groups in total. The van der Waals surface area contributed by atoms with Crippen LogP contribution in [-0.4, -0.2) is 45.4 Å². The fourth-order valence-corrected chi connectivity index (χ4v) is 5.48. The maximum Gasteiger partial charge on any atom is 0.258 e. The lowest BCUT2D eigenvalue weighted by molar-refractivity contribution is -0.934.